The Morgan fingerprint density at radius 2 is 2.00 bits per heavy atom. The third kappa shape index (κ3) is 3.00. The van der Waals surface area contributed by atoms with E-state index in [0.717, 1.165) is 5.39 Å². The van der Waals surface area contributed by atoms with Gasteiger partial charge in [0.1, 0.15) is 17.9 Å². The Labute approximate surface area is 148 Å². The maximum absolute atomic E-state index is 12.5. The first-order chi connectivity index (χ1) is 12.8. The lowest BCUT2D eigenvalue weighted by Gasteiger charge is -2.02. The van der Waals surface area contributed by atoms with Crippen LogP contribution in [0.4, 0.5) is 0 Å². The van der Waals surface area contributed by atoms with E-state index in [-0.39, 0.29) is 19.0 Å². The predicted octanol–water partition coefficient (Wildman–Crippen LogP) is 4.18. The molecule has 4 rings (SSSR count). The summed E-state index contributed by atoms with van der Waals surface area (Å²) in [4.78, 5) is 12.5. The first kappa shape index (κ1) is 16.2. The van der Waals surface area contributed by atoms with E-state index in [4.69, 9.17) is 22.8 Å². The van der Waals surface area contributed by atoms with E-state index in [2.05, 4.69) is 5.16 Å². The van der Waals surface area contributed by atoms with Gasteiger partial charge in [0.05, 0.1) is 12.9 Å². The minimum Gasteiger partial charge on any atom is -0.461 e. The van der Waals surface area contributed by atoms with Crippen molar-refractivity contribution < 1.29 is 27.6 Å². The van der Waals surface area contributed by atoms with Crippen molar-refractivity contribution in [3.05, 3.63) is 65.7 Å². The number of hydrogen-bond donors (Lipinski definition) is 0. The molecule has 0 N–H and O–H groups in total. The van der Waals surface area contributed by atoms with Gasteiger partial charge in [-0.3, -0.25) is 0 Å². The van der Waals surface area contributed by atoms with Gasteiger partial charge >= 0.3 is 5.97 Å². The van der Waals surface area contributed by atoms with Gasteiger partial charge in [-0.25, -0.2) is 4.79 Å². The van der Waals surface area contributed by atoms with Crippen LogP contribution in [0.15, 0.2) is 62.1 Å². The van der Waals surface area contributed by atoms with Crippen molar-refractivity contribution >= 4 is 16.9 Å². The van der Waals surface area contributed by atoms with Crippen molar-refractivity contribution in [2.45, 2.75) is 13.2 Å². The van der Waals surface area contributed by atoms with E-state index in [1.807, 2.05) is 18.2 Å². The van der Waals surface area contributed by atoms with Gasteiger partial charge in [0.25, 0.3) is 0 Å². The van der Waals surface area contributed by atoms with Crippen LogP contribution in [0.1, 0.15) is 21.8 Å². The zero-order valence-electron chi connectivity index (χ0n) is 13.9. The molecule has 0 aliphatic carbocycles. The van der Waals surface area contributed by atoms with Crippen LogP contribution in [0.5, 0.6) is 0 Å². The Bertz CT molecular complexity index is 1030. The van der Waals surface area contributed by atoms with Crippen LogP contribution < -0.4 is 0 Å². The molecule has 0 aliphatic heterocycles. The fraction of sp³-hybridized carbons (Fsp3) is 0.158. The van der Waals surface area contributed by atoms with Crippen LogP contribution in [0.2, 0.25) is 0 Å². The Balaban J connectivity index is 1.52. The highest BCUT2D eigenvalue weighted by Gasteiger charge is 2.22. The van der Waals surface area contributed by atoms with Crippen molar-refractivity contribution in [1.29, 1.82) is 0 Å². The molecule has 0 saturated carbocycles. The highest BCUT2D eigenvalue weighted by molar-refractivity contribution is 5.96. The lowest BCUT2D eigenvalue weighted by Crippen LogP contribution is -2.07. The van der Waals surface area contributed by atoms with Crippen molar-refractivity contribution in [3.63, 3.8) is 0 Å². The maximum Gasteiger partial charge on any atom is 0.375 e. The number of furan rings is 2. The van der Waals surface area contributed by atoms with Gasteiger partial charge in [-0.05, 0) is 18.2 Å². The summed E-state index contributed by atoms with van der Waals surface area (Å²) in [7, 11) is 1.56. The molecule has 0 saturated heterocycles. The zero-order chi connectivity index (χ0) is 17.9. The number of rotatable bonds is 6. The lowest BCUT2D eigenvalue weighted by molar-refractivity contribution is 0.0424. The fourth-order valence-corrected chi connectivity index (χ4v) is 2.67. The Morgan fingerprint density at radius 1 is 1.12 bits per heavy atom. The van der Waals surface area contributed by atoms with Crippen LogP contribution in [-0.4, -0.2) is 18.2 Å². The van der Waals surface area contributed by atoms with Gasteiger partial charge < -0.3 is 22.8 Å². The highest BCUT2D eigenvalue weighted by Crippen LogP contribution is 2.27. The molecule has 7 heteroatoms. The van der Waals surface area contributed by atoms with E-state index in [1.165, 1.54) is 6.26 Å². The molecule has 0 spiro atoms. The van der Waals surface area contributed by atoms with Gasteiger partial charge in [-0.2, -0.15) is 0 Å². The zero-order valence-corrected chi connectivity index (χ0v) is 13.9. The van der Waals surface area contributed by atoms with Crippen molar-refractivity contribution in [2.24, 2.45) is 0 Å². The Kier molecular flexibility index (Phi) is 4.28. The van der Waals surface area contributed by atoms with Gasteiger partial charge in [-0.1, -0.05) is 23.4 Å². The standard InChI is InChI=1S/C19H15NO6/c1-22-11-14-13-5-2-3-6-15(13)25-18(14)19(21)24-10-12-9-17(26-20-12)16-7-4-8-23-16/h2-9H,10-11H2,1H3. The van der Waals surface area contributed by atoms with Gasteiger partial charge in [0.2, 0.25) is 11.5 Å². The molecule has 26 heavy (non-hydrogen) atoms. The number of methoxy groups -OCH3 is 1. The minimum atomic E-state index is -0.587. The number of nitrogens with zero attached hydrogens (tertiary/aromatic N) is 1. The second-order valence-electron chi connectivity index (χ2n) is 5.57. The van der Waals surface area contributed by atoms with E-state index >= 15 is 0 Å². The van der Waals surface area contributed by atoms with Crippen LogP contribution >= 0.6 is 0 Å². The second-order valence-corrected chi connectivity index (χ2v) is 5.57. The number of para-hydroxylation sites is 1. The number of benzene rings is 1. The summed E-state index contributed by atoms with van der Waals surface area (Å²) in [6, 6.07) is 12.5. The molecule has 7 nitrogen and oxygen atoms in total. The largest absolute Gasteiger partial charge is 0.461 e. The molecule has 0 bridgehead atoms. The smallest absolute Gasteiger partial charge is 0.375 e. The average molecular weight is 353 g/mol. The third-order valence-electron chi connectivity index (χ3n) is 3.85. The van der Waals surface area contributed by atoms with E-state index in [9.17, 15) is 4.79 Å². The van der Waals surface area contributed by atoms with Crippen LogP contribution in [-0.2, 0) is 22.7 Å². The molecule has 0 atom stereocenters. The Hall–Kier alpha value is -3.32. The SMILES string of the molecule is COCc1c(C(=O)OCc2cc(-c3ccco3)on2)oc2ccccc12. The quantitative estimate of drug-likeness (QED) is 0.480. The molecule has 0 aliphatic rings. The average Bonchev–Trinajstić information content (AvgIpc) is 3.39. The van der Waals surface area contributed by atoms with Crippen molar-refractivity contribution in [3.8, 4) is 11.5 Å². The topological polar surface area (TPSA) is 87.8 Å². The van der Waals surface area contributed by atoms with E-state index in [1.54, 1.807) is 31.4 Å². The molecular formula is C19H15NO6. The summed E-state index contributed by atoms with van der Waals surface area (Å²) in [5.41, 5.74) is 1.73. The number of esters is 1. The van der Waals surface area contributed by atoms with Crippen LogP contribution in [0.3, 0.4) is 0 Å². The number of fused-ring (bicyclic) bond motifs is 1. The second kappa shape index (κ2) is 6.89. The monoisotopic (exact) mass is 353 g/mol. The molecule has 0 fully saturated rings. The number of ether oxygens (including phenoxy) is 2. The minimum absolute atomic E-state index is 0.0491. The number of carbonyl (C=O) groups is 1. The van der Waals surface area contributed by atoms with Crippen LogP contribution in [0.25, 0.3) is 22.5 Å². The fourth-order valence-electron chi connectivity index (χ4n) is 2.67. The number of carbonyl (C=O) groups excluding carboxylic acids is 1. The molecule has 0 unspecified atom stereocenters. The van der Waals surface area contributed by atoms with Gasteiger partial charge in [-0.15, -0.1) is 0 Å². The summed E-state index contributed by atoms with van der Waals surface area (Å²) in [6.07, 6.45) is 1.54. The molecule has 1 aromatic carbocycles. The molecule has 0 amide bonds. The third-order valence-corrected chi connectivity index (χ3v) is 3.85. The summed E-state index contributed by atoms with van der Waals surface area (Å²) >= 11 is 0. The summed E-state index contributed by atoms with van der Waals surface area (Å²) in [5, 5.41) is 4.69. The maximum atomic E-state index is 12.5. The summed E-state index contributed by atoms with van der Waals surface area (Å²) in [5.74, 6) is 0.554. The van der Waals surface area contributed by atoms with Crippen molar-refractivity contribution in [1.82, 2.24) is 5.16 Å². The molecular weight excluding hydrogens is 338 g/mol. The van der Waals surface area contributed by atoms with E-state index < -0.39 is 5.97 Å². The van der Waals surface area contributed by atoms with Gasteiger partial charge in [0, 0.05) is 24.1 Å². The molecule has 3 aromatic heterocycles. The first-order valence-electron chi connectivity index (χ1n) is 7.92. The lowest BCUT2D eigenvalue weighted by atomic mass is 10.1. The summed E-state index contributed by atoms with van der Waals surface area (Å²) < 4.78 is 26.6. The molecule has 4 aromatic rings. The van der Waals surface area contributed by atoms with Gasteiger partial charge in [0.15, 0.2) is 5.76 Å². The molecule has 132 valence electrons. The highest BCUT2D eigenvalue weighted by atomic mass is 16.5. The molecule has 0 radical (unpaired) electrons. The normalized spacial score (nSPS) is 11.1. The van der Waals surface area contributed by atoms with Crippen molar-refractivity contribution in [2.75, 3.05) is 7.11 Å². The number of hydrogen-bond acceptors (Lipinski definition) is 7. The van der Waals surface area contributed by atoms with Crippen LogP contribution in [0, 0.1) is 0 Å². The summed E-state index contributed by atoms with van der Waals surface area (Å²) in [6.45, 7) is 0.195. The van der Waals surface area contributed by atoms with E-state index in [0.29, 0.717) is 28.4 Å². The Morgan fingerprint density at radius 3 is 2.81 bits per heavy atom. The predicted molar refractivity (Wildman–Crippen MR) is 90.3 cm³/mol. The first-order valence-corrected chi connectivity index (χ1v) is 7.92. The molecule has 3 heterocycles. The number of aromatic nitrogens is 1.